The van der Waals surface area contributed by atoms with Crippen molar-refractivity contribution in [1.29, 1.82) is 0 Å². The van der Waals surface area contributed by atoms with E-state index in [9.17, 15) is 9.18 Å². The molecule has 1 aliphatic heterocycles. The number of nitrogens with one attached hydrogen (secondary N) is 1. The van der Waals surface area contributed by atoms with Crippen molar-refractivity contribution >= 4 is 39.9 Å². The van der Waals surface area contributed by atoms with Gasteiger partial charge in [0.15, 0.2) is 11.3 Å². The third kappa shape index (κ3) is 5.13. The first-order valence-corrected chi connectivity index (χ1v) is 14.0. The molecule has 0 spiro atoms. The normalized spacial score (nSPS) is 22.2. The lowest BCUT2D eigenvalue weighted by Gasteiger charge is -2.51. The summed E-state index contributed by atoms with van der Waals surface area (Å²) < 4.78 is 18.8. The summed E-state index contributed by atoms with van der Waals surface area (Å²) in [6.07, 6.45) is 4.49. The predicted molar refractivity (Wildman–Crippen MR) is 153 cm³/mol. The standard InChI is InChI=1S/C31H32ClFN4O2/c1-21-11-13-31(14-12-21,37-17-15-36(16-18-37)26-8-6-24(33)7-9-26)22-3-2-4-25(19-22)34-30(38)29-27-20-23(32)5-10-28(27)39-35-29/h2-10,19-21H,11-18H2,1H3,(H,34,38). The molecule has 1 aromatic heterocycles. The van der Waals surface area contributed by atoms with Crippen molar-refractivity contribution in [3.63, 3.8) is 0 Å². The number of fused-ring (bicyclic) bond motifs is 1. The minimum absolute atomic E-state index is 0.0871. The van der Waals surface area contributed by atoms with Gasteiger partial charge in [0.25, 0.3) is 5.91 Å². The minimum atomic E-state index is -0.326. The average molecular weight is 547 g/mol. The van der Waals surface area contributed by atoms with E-state index in [-0.39, 0.29) is 23.0 Å². The second-order valence-corrected chi connectivity index (χ2v) is 11.3. The number of halogens is 2. The smallest absolute Gasteiger partial charge is 0.278 e. The van der Waals surface area contributed by atoms with Crippen molar-refractivity contribution in [3.05, 3.63) is 88.8 Å². The Morgan fingerprint density at radius 2 is 1.77 bits per heavy atom. The Balaban J connectivity index is 1.24. The molecule has 6 rings (SSSR count). The molecule has 2 heterocycles. The predicted octanol–water partition coefficient (Wildman–Crippen LogP) is 7.10. The molecular weight excluding hydrogens is 515 g/mol. The van der Waals surface area contributed by atoms with Gasteiger partial charge in [-0.15, -0.1) is 0 Å². The van der Waals surface area contributed by atoms with Gasteiger partial charge in [-0.05, 0) is 91.8 Å². The fourth-order valence-electron chi connectivity index (χ4n) is 6.22. The van der Waals surface area contributed by atoms with Crippen molar-refractivity contribution in [2.24, 2.45) is 5.92 Å². The lowest BCUT2D eigenvalue weighted by Crippen LogP contribution is -2.56. The van der Waals surface area contributed by atoms with E-state index in [1.54, 1.807) is 18.2 Å². The number of hydrogen-bond acceptors (Lipinski definition) is 5. The number of amides is 1. The zero-order chi connectivity index (χ0) is 27.0. The second-order valence-electron chi connectivity index (χ2n) is 10.9. The average Bonchev–Trinajstić information content (AvgIpc) is 3.38. The van der Waals surface area contributed by atoms with Gasteiger partial charge in [-0.2, -0.15) is 0 Å². The molecule has 1 saturated heterocycles. The number of benzene rings is 3. The molecule has 202 valence electrons. The summed E-state index contributed by atoms with van der Waals surface area (Å²) in [5, 5.41) is 8.15. The van der Waals surface area contributed by atoms with Crippen LogP contribution in [0, 0.1) is 11.7 Å². The molecule has 1 amide bonds. The van der Waals surface area contributed by atoms with Crippen LogP contribution in [0.25, 0.3) is 11.0 Å². The largest absolute Gasteiger partial charge is 0.369 e. The number of piperazine rings is 1. The van der Waals surface area contributed by atoms with Crippen LogP contribution in [-0.2, 0) is 5.54 Å². The lowest BCUT2D eigenvalue weighted by atomic mass is 9.71. The Hall–Kier alpha value is -3.42. The maximum Gasteiger partial charge on any atom is 0.278 e. The van der Waals surface area contributed by atoms with Crippen LogP contribution >= 0.6 is 11.6 Å². The molecule has 0 unspecified atom stereocenters. The van der Waals surface area contributed by atoms with E-state index < -0.39 is 0 Å². The van der Waals surface area contributed by atoms with Gasteiger partial charge in [-0.3, -0.25) is 9.69 Å². The molecule has 2 fully saturated rings. The van der Waals surface area contributed by atoms with Gasteiger partial charge in [0.1, 0.15) is 5.82 Å². The highest BCUT2D eigenvalue weighted by Crippen LogP contribution is 2.45. The van der Waals surface area contributed by atoms with Crippen LogP contribution in [0.15, 0.2) is 71.3 Å². The number of nitrogens with zero attached hydrogens (tertiary/aromatic N) is 3. The van der Waals surface area contributed by atoms with Crippen molar-refractivity contribution < 1.29 is 13.7 Å². The van der Waals surface area contributed by atoms with E-state index in [1.165, 1.54) is 30.5 Å². The van der Waals surface area contributed by atoms with Crippen molar-refractivity contribution in [2.45, 2.75) is 38.1 Å². The summed E-state index contributed by atoms with van der Waals surface area (Å²) in [6, 6.07) is 20.2. The van der Waals surface area contributed by atoms with Crippen molar-refractivity contribution in [2.75, 3.05) is 36.4 Å². The van der Waals surface area contributed by atoms with Crippen LogP contribution < -0.4 is 10.2 Å². The maximum absolute atomic E-state index is 13.4. The zero-order valence-corrected chi connectivity index (χ0v) is 22.8. The Morgan fingerprint density at radius 1 is 1.03 bits per heavy atom. The summed E-state index contributed by atoms with van der Waals surface area (Å²) in [4.78, 5) is 18.2. The Kier molecular flexibility index (Phi) is 7.04. The van der Waals surface area contributed by atoms with Gasteiger partial charge in [0.05, 0.1) is 5.39 Å². The highest BCUT2D eigenvalue weighted by Gasteiger charge is 2.42. The summed E-state index contributed by atoms with van der Waals surface area (Å²) in [5.74, 6) is 0.168. The summed E-state index contributed by atoms with van der Waals surface area (Å²) in [5.41, 5.74) is 3.68. The van der Waals surface area contributed by atoms with Crippen LogP contribution in [0.2, 0.25) is 5.02 Å². The molecule has 1 saturated carbocycles. The van der Waals surface area contributed by atoms with Crippen LogP contribution in [0.3, 0.4) is 0 Å². The fourth-order valence-corrected chi connectivity index (χ4v) is 6.40. The number of anilines is 2. The minimum Gasteiger partial charge on any atom is -0.369 e. The topological polar surface area (TPSA) is 61.6 Å². The number of hydrogen-bond donors (Lipinski definition) is 1. The van der Waals surface area contributed by atoms with E-state index >= 15 is 0 Å². The molecule has 6 nitrogen and oxygen atoms in total. The fraction of sp³-hybridized carbons (Fsp3) is 0.355. The van der Waals surface area contributed by atoms with Gasteiger partial charge in [-0.25, -0.2) is 4.39 Å². The SMILES string of the molecule is CC1CCC(c2cccc(NC(=O)c3noc4ccc(Cl)cc34)c2)(N2CCN(c3ccc(F)cc3)CC2)CC1. The van der Waals surface area contributed by atoms with Crippen LogP contribution in [0.1, 0.15) is 48.7 Å². The summed E-state index contributed by atoms with van der Waals surface area (Å²) in [7, 11) is 0. The van der Waals surface area contributed by atoms with E-state index in [2.05, 4.69) is 39.3 Å². The van der Waals surface area contributed by atoms with Crippen LogP contribution in [0.5, 0.6) is 0 Å². The third-order valence-corrected chi connectivity index (χ3v) is 8.72. The molecule has 1 aliphatic carbocycles. The van der Waals surface area contributed by atoms with E-state index in [4.69, 9.17) is 16.1 Å². The highest BCUT2D eigenvalue weighted by molar-refractivity contribution is 6.31. The third-order valence-electron chi connectivity index (χ3n) is 8.48. The monoisotopic (exact) mass is 546 g/mol. The quantitative estimate of drug-likeness (QED) is 0.289. The van der Waals surface area contributed by atoms with Crippen LogP contribution in [0.4, 0.5) is 15.8 Å². The Labute approximate surface area is 232 Å². The van der Waals surface area contributed by atoms with Crippen LogP contribution in [-0.4, -0.2) is 42.1 Å². The molecule has 0 atom stereocenters. The van der Waals surface area contributed by atoms with E-state index in [1.807, 2.05) is 24.3 Å². The number of carbonyl (C=O) groups is 1. The first-order valence-electron chi connectivity index (χ1n) is 13.6. The number of aromatic nitrogens is 1. The maximum atomic E-state index is 13.4. The van der Waals surface area contributed by atoms with Gasteiger partial charge in [-0.1, -0.05) is 35.8 Å². The highest BCUT2D eigenvalue weighted by atomic mass is 35.5. The van der Waals surface area contributed by atoms with Gasteiger partial charge in [0, 0.05) is 48.1 Å². The molecule has 2 aliphatic rings. The van der Waals surface area contributed by atoms with Gasteiger partial charge < -0.3 is 14.7 Å². The number of carbonyl (C=O) groups excluding carboxylic acids is 1. The van der Waals surface area contributed by atoms with Gasteiger partial charge >= 0.3 is 0 Å². The van der Waals surface area contributed by atoms with Gasteiger partial charge in [0.2, 0.25) is 0 Å². The van der Waals surface area contributed by atoms with Crippen molar-refractivity contribution in [3.8, 4) is 0 Å². The number of rotatable bonds is 5. The Bertz CT molecular complexity index is 1470. The molecule has 0 radical (unpaired) electrons. The molecular formula is C31H32ClFN4O2. The second kappa shape index (κ2) is 10.6. The van der Waals surface area contributed by atoms with Crippen molar-refractivity contribution in [1.82, 2.24) is 10.1 Å². The van der Waals surface area contributed by atoms with E-state index in [0.717, 1.165) is 50.4 Å². The summed E-state index contributed by atoms with van der Waals surface area (Å²) in [6.45, 7) is 5.96. The Morgan fingerprint density at radius 3 is 2.51 bits per heavy atom. The molecule has 39 heavy (non-hydrogen) atoms. The lowest BCUT2D eigenvalue weighted by molar-refractivity contribution is 0.0299. The first kappa shape index (κ1) is 25.8. The molecule has 0 bridgehead atoms. The van der Waals surface area contributed by atoms with E-state index in [0.29, 0.717) is 21.9 Å². The molecule has 1 N–H and O–H groups in total. The summed E-state index contributed by atoms with van der Waals surface area (Å²) >= 11 is 6.14. The molecule has 4 aromatic rings. The zero-order valence-electron chi connectivity index (χ0n) is 22.0. The molecule has 8 heteroatoms. The first-order chi connectivity index (χ1) is 18.9. The molecule has 3 aromatic carbocycles.